The van der Waals surface area contributed by atoms with E-state index in [4.69, 9.17) is 4.74 Å². The molecule has 1 aromatic rings. The average Bonchev–Trinajstić information content (AvgIpc) is 2.41. The average molecular weight is 266 g/mol. The Morgan fingerprint density at radius 3 is 2.89 bits per heavy atom. The topological polar surface area (TPSA) is 24.5 Å². The number of ether oxygens (including phenoxy) is 1. The van der Waals surface area contributed by atoms with Gasteiger partial charge in [0.25, 0.3) is 0 Å². The van der Waals surface area contributed by atoms with E-state index in [1.54, 1.807) is 7.11 Å². The van der Waals surface area contributed by atoms with E-state index >= 15 is 0 Å². The number of nitrogens with one attached hydrogen (secondary N) is 1. The molecule has 0 aromatic heterocycles. The van der Waals surface area contributed by atoms with Gasteiger partial charge in [0.2, 0.25) is 0 Å². The predicted molar refractivity (Wildman–Crippen MR) is 74.9 cm³/mol. The number of benzene rings is 1. The Hall–Kier alpha value is -1.13. The second kappa shape index (κ2) is 6.35. The van der Waals surface area contributed by atoms with Crippen LogP contribution in [0.1, 0.15) is 19.4 Å². The fraction of sp³-hybridized carbons (Fsp3) is 0.600. The summed E-state index contributed by atoms with van der Waals surface area (Å²) in [5.41, 5.74) is 0.744. The van der Waals surface area contributed by atoms with Crippen molar-refractivity contribution in [3.05, 3.63) is 29.6 Å². The molecule has 2 rings (SSSR count). The molecule has 0 bridgehead atoms. The van der Waals surface area contributed by atoms with Crippen LogP contribution < -0.4 is 10.1 Å². The van der Waals surface area contributed by atoms with E-state index in [0.29, 0.717) is 24.3 Å². The van der Waals surface area contributed by atoms with E-state index in [0.717, 1.165) is 25.2 Å². The molecule has 4 heteroatoms. The number of methoxy groups -OCH3 is 1. The maximum Gasteiger partial charge on any atom is 0.131 e. The molecule has 0 amide bonds. The van der Waals surface area contributed by atoms with Gasteiger partial charge in [-0.25, -0.2) is 4.39 Å². The van der Waals surface area contributed by atoms with Crippen molar-refractivity contribution in [2.45, 2.75) is 26.4 Å². The molecule has 1 aromatic carbocycles. The molecule has 0 saturated carbocycles. The van der Waals surface area contributed by atoms with Crippen LogP contribution in [0.2, 0.25) is 0 Å². The third kappa shape index (κ3) is 3.45. The maximum absolute atomic E-state index is 14.0. The Labute approximate surface area is 114 Å². The molecule has 3 nitrogen and oxygen atoms in total. The highest BCUT2D eigenvalue weighted by Gasteiger charge is 2.25. The van der Waals surface area contributed by atoms with Gasteiger partial charge in [-0.15, -0.1) is 0 Å². The number of halogens is 1. The second-order valence-electron chi connectivity index (χ2n) is 5.44. The standard InChI is InChI=1S/C15H23FN2O/c1-11(2)15-9-17-6-7-18(15)10-12-4-5-13(19-3)8-14(12)16/h4-5,8,11,15,17H,6-7,9-10H2,1-3H3. The molecular formula is C15H23FN2O. The molecule has 1 heterocycles. The SMILES string of the molecule is COc1ccc(CN2CCNCC2C(C)C)c(F)c1. The van der Waals surface area contributed by atoms with Crippen LogP contribution in [0.15, 0.2) is 18.2 Å². The highest BCUT2D eigenvalue weighted by molar-refractivity contribution is 5.28. The van der Waals surface area contributed by atoms with Crippen molar-refractivity contribution in [3.63, 3.8) is 0 Å². The number of nitrogens with zero attached hydrogens (tertiary/aromatic N) is 1. The predicted octanol–water partition coefficient (Wildman–Crippen LogP) is 2.26. The van der Waals surface area contributed by atoms with E-state index in [1.807, 2.05) is 12.1 Å². The first-order valence-corrected chi connectivity index (χ1v) is 6.89. The van der Waals surface area contributed by atoms with E-state index in [2.05, 4.69) is 24.1 Å². The fourth-order valence-corrected chi connectivity index (χ4v) is 2.62. The molecule has 0 aliphatic carbocycles. The molecule has 1 aliphatic rings. The zero-order valence-corrected chi connectivity index (χ0v) is 11.9. The molecule has 1 fully saturated rings. The van der Waals surface area contributed by atoms with Gasteiger partial charge in [0, 0.05) is 43.9 Å². The van der Waals surface area contributed by atoms with Crippen LogP contribution in [-0.4, -0.2) is 37.7 Å². The third-order valence-electron chi connectivity index (χ3n) is 3.80. The van der Waals surface area contributed by atoms with Gasteiger partial charge in [-0.3, -0.25) is 4.90 Å². The van der Waals surface area contributed by atoms with Gasteiger partial charge in [0.1, 0.15) is 11.6 Å². The molecule has 0 radical (unpaired) electrons. The second-order valence-corrected chi connectivity index (χ2v) is 5.44. The Morgan fingerprint density at radius 2 is 2.26 bits per heavy atom. The van der Waals surface area contributed by atoms with Crippen molar-refractivity contribution in [1.29, 1.82) is 0 Å². The van der Waals surface area contributed by atoms with Crippen molar-refractivity contribution in [2.24, 2.45) is 5.92 Å². The van der Waals surface area contributed by atoms with Gasteiger partial charge in [0.05, 0.1) is 7.11 Å². The van der Waals surface area contributed by atoms with E-state index in [9.17, 15) is 4.39 Å². The Bertz CT molecular complexity index is 423. The fourth-order valence-electron chi connectivity index (χ4n) is 2.62. The molecule has 1 saturated heterocycles. The van der Waals surface area contributed by atoms with Gasteiger partial charge < -0.3 is 10.1 Å². The molecular weight excluding hydrogens is 243 g/mol. The summed E-state index contributed by atoms with van der Waals surface area (Å²) < 4.78 is 19.0. The molecule has 1 atom stereocenters. The summed E-state index contributed by atoms with van der Waals surface area (Å²) in [4.78, 5) is 2.37. The first kappa shape index (κ1) is 14.3. The number of rotatable bonds is 4. The summed E-state index contributed by atoms with van der Waals surface area (Å²) in [6.07, 6.45) is 0. The van der Waals surface area contributed by atoms with E-state index in [1.165, 1.54) is 6.07 Å². The minimum absolute atomic E-state index is 0.180. The molecule has 1 aliphatic heterocycles. The number of hydrogen-bond acceptors (Lipinski definition) is 3. The van der Waals surface area contributed by atoms with Crippen molar-refractivity contribution < 1.29 is 9.13 Å². The van der Waals surface area contributed by atoms with Crippen LogP contribution in [0.5, 0.6) is 5.75 Å². The summed E-state index contributed by atoms with van der Waals surface area (Å²) in [7, 11) is 1.56. The largest absolute Gasteiger partial charge is 0.497 e. The van der Waals surface area contributed by atoms with E-state index in [-0.39, 0.29) is 5.82 Å². The van der Waals surface area contributed by atoms with Crippen LogP contribution >= 0.6 is 0 Å². The molecule has 1 unspecified atom stereocenters. The first-order valence-electron chi connectivity index (χ1n) is 6.89. The van der Waals surface area contributed by atoms with Crippen LogP contribution in [0.3, 0.4) is 0 Å². The van der Waals surface area contributed by atoms with Crippen molar-refractivity contribution >= 4 is 0 Å². The van der Waals surface area contributed by atoms with Crippen molar-refractivity contribution in [2.75, 3.05) is 26.7 Å². The quantitative estimate of drug-likeness (QED) is 0.904. The van der Waals surface area contributed by atoms with Gasteiger partial charge in [-0.2, -0.15) is 0 Å². The lowest BCUT2D eigenvalue weighted by Crippen LogP contribution is -2.53. The van der Waals surface area contributed by atoms with Gasteiger partial charge in [0.15, 0.2) is 0 Å². The van der Waals surface area contributed by atoms with Crippen LogP contribution in [-0.2, 0) is 6.54 Å². The summed E-state index contributed by atoms with van der Waals surface area (Å²) in [5.74, 6) is 0.955. The minimum atomic E-state index is -0.180. The lowest BCUT2D eigenvalue weighted by molar-refractivity contribution is 0.116. The van der Waals surface area contributed by atoms with Gasteiger partial charge in [-0.1, -0.05) is 19.9 Å². The van der Waals surface area contributed by atoms with Crippen LogP contribution in [0.25, 0.3) is 0 Å². The van der Waals surface area contributed by atoms with Crippen LogP contribution in [0, 0.1) is 11.7 Å². The molecule has 1 N–H and O–H groups in total. The van der Waals surface area contributed by atoms with Gasteiger partial charge in [-0.05, 0) is 12.0 Å². The molecule has 106 valence electrons. The number of hydrogen-bond donors (Lipinski definition) is 1. The zero-order chi connectivity index (χ0) is 13.8. The monoisotopic (exact) mass is 266 g/mol. The zero-order valence-electron chi connectivity index (χ0n) is 11.9. The third-order valence-corrected chi connectivity index (χ3v) is 3.80. The smallest absolute Gasteiger partial charge is 0.131 e. The van der Waals surface area contributed by atoms with E-state index < -0.39 is 0 Å². The maximum atomic E-state index is 14.0. The summed E-state index contributed by atoms with van der Waals surface area (Å²) in [6.45, 7) is 8.02. The summed E-state index contributed by atoms with van der Waals surface area (Å²) >= 11 is 0. The molecule has 0 spiro atoms. The first-order chi connectivity index (χ1) is 9.11. The number of piperazine rings is 1. The van der Waals surface area contributed by atoms with Crippen LogP contribution in [0.4, 0.5) is 4.39 Å². The summed E-state index contributed by atoms with van der Waals surface area (Å²) in [5, 5.41) is 3.41. The molecule has 19 heavy (non-hydrogen) atoms. The Kier molecular flexibility index (Phi) is 4.77. The Morgan fingerprint density at radius 1 is 1.47 bits per heavy atom. The highest BCUT2D eigenvalue weighted by atomic mass is 19.1. The summed E-state index contributed by atoms with van der Waals surface area (Å²) in [6, 6.07) is 5.58. The Balaban J connectivity index is 2.10. The normalized spacial score (nSPS) is 20.8. The minimum Gasteiger partial charge on any atom is -0.497 e. The lowest BCUT2D eigenvalue weighted by atomic mass is 9.99. The highest BCUT2D eigenvalue weighted by Crippen LogP contribution is 2.21. The van der Waals surface area contributed by atoms with Gasteiger partial charge >= 0.3 is 0 Å². The lowest BCUT2D eigenvalue weighted by Gasteiger charge is -2.38. The van der Waals surface area contributed by atoms with Crippen molar-refractivity contribution in [1.82, 2.24) is 10.2 Å². The van der Waals surface area contributed by atoms with Crippen molar-refractivity contribution in [3.8, 4) is 5.75 Å².